The van der Waals surface area contributed by atoms with E-state index in [1.165, 1.54) is 0 Å². The molecular weight excluding hydrogens is 242 g/mol. The number of morpholine rings is 1. The average Bonchev–Trinajstić information content (AvgIpc) is 3.02. The van der Waals surface area contributed by atoms with Crippen LogP contribution in [0.5, 0.6) is 0 Å². The van der Waals surface area contributed by atoms with Crippen LogP contribution < -0.4 is 4.90 Å². The van der Waals surface area contributed by atoms with E-state index in [2.05, 4.69) is 25.9 Å². The summed E-state index contributed by atoms with van der Waals surface area (Å²) in [6, 6.07) is 7.58. The molecule has 1 saturated heterocycles. The van der Waals surface area contributed by atoms with Gasteiger partial charge in [-0.05, 0) is 12.1 Å². The molecule has 3 heterocycles. The van der Waals surface area contributed by atoms with E-state index in [9.17, 15) is 0 Å². The number of anilines is 1. The Morgan fingerprint density at radius 1 is 1.32 bits per heavy atom. The van der Waals surface area contributed by atoms with E-state index in [0.717, 1.165) is 24.6 Å². The average molecular weight is 255 g/mol. The van der Waals surface area contributed by atoms with Gasteiger partial charge in [0, 0.05) is 25.4 Å². The van der Waals surface area contributed by atoms with Crippen LogP contribution in [0, 0.1) is 11.3 Å². The summed E-state index contributed by atoms with van der Waals surface area (Å²) in [6.07, 6.45) is 1.81. The lowest BCUT2D eigenvalue weighted by Gasteiger charge is -2.27. The Morgan fingerprint density at radius 3 is 2.84 bits per heavy atom. The summed E-state index contributed by atoms with van der Waals surface area (Å²) >= 11 is 0. The van der Waals surface area contributed by atoms with Gasteiger partial charge in [-0.25, -0.2) is 9.97 Å². The van der Waals surface area contributed by atoms with Crippen LogP contribution in [0.15, 0.2) is 24.4 Å². The minimum Gasteiger partial charge on any atom is -0.378 e. The first-order valence-electron chi connectivity index (χ1n) is 6.12. The maximum Gasteiger partial charge on any atom is 0.179 e. The Kier molecular flexibility index (Phi) is 3.12. The van der Waals surface area contributed by atoms with Crippen LogP contribution in [0.1, 0.15) is 5.69 Å². The van der Waals surface area contributed by atoms with E-state index in [0.29, 0.717) is 24.7 Å². The molecule has 0 aliphatic carbocycles. The summed E-state index contributed by atoms with van der Waals surface area (Å²) < 4.78 is 5.32. The lowest BCUT2D eigenvalue weighted by Crippen LogP contribution is -2.36. The Hall–Kier alpha value is -2.39. The summed E-state index contributed by atoms with van der Waals surface area (Å²) in [6.45, 7) is 2.94. The molecule has 6 nitrogen and oxygen atoms in total. The fourth-order valence-corrected chi connectivity index (χ4v) is 2.04. The smallest absolute Gasteiger partial charge is 0.179 e. The molecule has 0 spiro atoms. The Labute approximate surface area is 110 Å². The van der Waals surface area contributed by atoms with Crippen LogP contribution in [-0.4, -0.2) is 41.3 Å². The zero-order valence-electron chi connectivity index (χ0n) is 10.3. The van der Waals surface area contributed by atoms with Crippen molar-refractivity contribution in [2.75, 3.05) is 31.2 Å². The fraction of sp³-hybridized carbons (Fsp3) is 0.308. The molecule has 2 aromatic rings. The zero-order valence-corrected chi connectivity index (χ0v) is 10.3. The van der Waals surface area contributed by atoms with Crippen molar-refractivity contribution in [3.63, 3.8) is 0 Å². The molecule has 1 aliphatic heterocycles. The van der Waals surface area contributed by atoms with E-state index in [1.807, 2.05) is 18.3 Å². The van der Waals surface area contributed by atoms with Gasteiger partial charge in [0.1, 0.15) is 17.6 Å². The predicted octanol–water partition coefficient (Wildman–Crippen LogP) is 1.18. The van der Waals surface area contributed by atoms with Gasteiger partial charge in [-0.15, -0.1) is 0 Å². The number of hydrogen-bond donors (Lipinski definition) is 1. The normalized spacial score (nSPS) is 15.2. The van der Waals surface area contributed by atoms with Gasteiger partial charge in [0.25, 0.3) is 0 Å². The topological polar surface area (TPSA) is 77.8 Å². The lowest BCUT2D eigenvalue weighted by atomic mass is 10.3. The molecule has 0 unspecified atom stereocenters. The highest BCUT2D eigenvalue weighted by Gasteiger charge is 2.15. The summed E-state index contributed by atoms with van der Waals surface area (Å²) in [7, 11) is 0. The number of rotatable bonds is 2. The number of hydrogen-bond acceptors (Lipinski definition) is 5. The van der Waals surface area contributed by atoms with Crippen molar-refractivity contribution in [1.29, 1.82) is 5.26 Å². The van der Waals surface area contributed by atoms with E-state index in [1.54, 1.807) is 6.07 Å². The number of aromatic nitrogens is 3. The van der Waals surface area contributed by atoms with Crippen LogP contribution in [0.3, 0.4) is 0 Å². The fourth-order valence-electron chi connectivity index (χ4n) is 2.04. The van der Waals surface area contributed by atoms with Crippen LogP contribution in [0.4, 0.5) is 5.82 Å². The molecule has 2 aromatic heterocycles. The highest BCUT2D eigenvalue weighted by molar-refractivity contribution is 5.55. The van der Waals surface area contributed by atoms with Crippen LogP contribution in [0.25, 0.3) is 11.5 Å². The maximum atomic E-state index is 9.09. The maximum absolute atomic E-state index is 9.09. The van der Waals surface area contributed by atoms with Crippen molar-refractivity contribution in [2.24, 2.45) is 0 Å². The molecule has 6 heteroatoms. The number of H-pyrrole nitrogens is 1. The summed E-state index contributed by atoms with van der Waals surface area (Å²) in [5, 5.41) is 9.09. The van der Waals surface area contributed by atoms with Crippen LogP contribution >= 0.6 is 0 Å². The predicted molar refractivity (Wildman–Crippen MR) is 69.6 cm³/mol. The monoisotopic (exact) mass is 255 g/mol. The number of ether oxygens (including phenoxy) is 1. The second-order valence-corrected chi connectivity index (χ2v) is 4.23. The highest BCUT2D eigenvalue weighted by atomic mass is 16.5. The van der Waals surface area contributed by atoms with Crippen molar-refractivity contribution in [2.45, 2.75) is 0 Å². The van der Waals surface area contributed by atoms with Gasteiger partial charge in [0.2, 0.25) is 0 Å². The molecule has 0 atom stereocenters. The minimum absolute atomic E-state index is 0.376. The Bertz CT molecular complexity index is 596. The van der Waals surface area contributed by atoms with Gasteiger partial charge in [-0.3, -0.25) is 0 Å². The van der Waals surface area contributed by atoms with E-state index < -0.39 is 0 Å². The van der Waals surface area contributed by atoms with Crippen molar-refractivity contribution in [3.8, 4) is 17.6 Å². The summed E-state index contributed by atoms with van der Waals surface area (Å²) in [4.78, 5) is 13.9. The molecule has 0 radical (unpaired) electrons. The van der Waals surface area contributed by atoms with E-state index in [4.69, 9.17) is 10.00 Å². The second-order valence-electron chi connectivity index (χ2n) is 4.23. The third-order valence-corrected chi connectivity index (χ3v) is 3.00. The first-order chi connectivity index (χ1) is 9.36. The van der Waals surface area contributed by atoms with Crippen molar-refractivity contribution >= 4 is 5.82 Å². The largest absolute Gasteiger partial charge is 0.378 e. The van der Waals surface area contributed by atoms with Gasteiger partial charge in [-0.2, -0.15) is 5.26 Å². The van der Waals surface area contributed by atoms with E-state index >= 15 is 0 Å². The number of nitrogens with zero attached hydrogens (tertiary/aromatic N) is 4. The van der Waals surface area contributed by atoms with Gasteiger partial charge in [0.05, 0.1) is 18.9 Å². The molecule has 3 rings (SSSR count). The first kappa shape index (κ1) is 11.7. The third-order valence-electron chi connectivity index (χ3n) is 3.00. The molecule has 0 bridgehead atoms. The number of aromatic amines is 1. The summed E-state index contributed by atoms with van der Waals surface area (Å²) in [5.74, 6) is 1.32. The molecule has 96 valence electrons. The lowest BCUT2D eigenvalue weighted by molar-refractivity contribution is 0.122. The Morgan fingerprint density at radius 2 is 2.16 bits per heavy atom. The molecule has 0 amide bonds. The van der Waals surface area contributed by atoms with Gasteiger partial charge in [-0.1, -0.05) is 0 Å². The van der Waals surface area contributed by atoms with Crippen LogP contribution in [-0.2, 0) is 4.74 Å². The Balaban J connectivity index is 2.00. The van der Waals surface area contributed by atoms with Crippen molar-refractivity contribution in [3.05, 3.63) is 30.1 Å². The standard InChI is InChI=1S/C13H13N5O/c14-9-10-8-12(18-4-6-19-7-5-18)17-13(16-10)11-2-1-3-15-11/h1-3,8,15H,4-7H2. The molecule has 0 saturated carbocycles. The number of nitriles is 1. The molecular formula is C13H13N5O. The molecule has 19 heavy (non-hydrogen) atoms. The second kappa shape index (κ2) is 5.08. The van der Waals surface area contributed by atoms with Crippen molar-refractivity contribution in [1.82, 2.24) is 15.0 Å². The highest BCUT2D eigenvalue weighted by Crippen LogP contribution is 2.19. The molecule has 0 aromatic carbocycles. The molecule has 1 aliphatic rings. The number of nitrogens with one attached hydrogen (secondary N) is 1. The van der Waals surface area contributed by atoms with Crippen molar-refractivity contribution < 1.29 is 4.74 Å². The zero-order chi connectivity index (χ0) is 13.1. The van der Waals surface area contributed by atoms with Crippen LogP contribution in [0.2, 0.25) is 0 Å². The summed E-state index contributed by atoms with van der Waals surface area (Å²) in [5.41, 5.74) is 1.19. The van der Waals surface area contributed by atoms with E-state index in [-0.39, 0.29) is 0 Å². The SMILES string of the molecule is N#Cc1cc(N2CCOCC2)nc(-c2ccc[nH]2)n1. The van der Waals surface area contributed by atoms with Gasteiger partial charge < -0.3 is 14.6 Å². The van der Waals surface area contributed by atoms with Gasteiger partial charge >= 0.3 is 0 Å². The quantitative estimate of drug-likeness (QED) is 0.871. The third kappa shape index (κ3) is 2.41. The van der Waals surface area contributed by atoms with Gasteiger partial charge in [0.15, 0.2) is 5.82 Å². The minimum atomic E-state index is 0.376. The molecule has 1 N–H and O–H groups in total. The first-order valence-corrected chi connectivity index (χ1v) is 6.12. The molecule has 1 fully saturated rings.